The molecule has 0 amide bonds. The minimum Gasteiger partial charge on any atom is -0.492 e. The van der Waals surface area contributed by atoms with Gasteiger partial charge in [-0.15, -0.1) is 0 Å². The second-order valence-electron chi connectivity index (χ2n) is 11.2. The molecule has 1 aliphatic heterocycles. The van der Waals surface area contributed by atoms with Gasteiger partial charge in [-0.1, -0.05) is 12.1 Å². The zero-order chi connectivity index (χ0) is 27.9. The predicted octanol–water partition coefficient (Wildman–Crippen LogP) is 6.01. The SMILES string of the molecule is Cc1cc(OCC(C)(C)O)cc(C)c1-c1c(C#N)ccc2c1CC[C@H]2Oc1ccc2c(c1)OC[C@H]2CC(=O)O. The molecule has 1 aliphatic carbocycles. The molecule has 3 aromatic carbocycles. The molecule has 5 rings (SSSR count). The summed E-state index contributed by atoms with van der Waals surface area (Å²) in [6.45, 7) is 7.99. The van der Waals surface area contributed by atoms with Crippen molar-refractivity contribution in [3.05, 3.63) is 75.8 Å². The molecule has 0 spiro atoms. The van der Waals surface area contributed by atoms with Gasteiger partial charge in [-0.05, 0) is 92.6 Å². The highest BCUT2D eigenvalue weighted by molar-refractivity contribution is 5.81. The lowest BCUT2D eigenvalue weighted by atomic mass is 9.87. The number of carboxylic acid groups (broad SMARTS) is 1. The number of carbonyl (C=O) groups is 1. The maximum atomic E-state index is 11.2. The smallest absolute Gasteiger partial charge is 0.304 e. The number of aliphatic hydroxyl groups is 1. The largest absolute Gasteiger partial charge is 0.492 e. The summed E-state index contributed by atoms with van der Waals surface area (Å²) in [5.41, 5.74) is 6.75. The highest BCUT2D eigenvalue weighted by atomic mass is 16.5. The van der Waals surface area contributed by atoms with Gasteiger partial charge in [0.1, 0.15) is 30.0 Å². The van der Waals surface area contributed by atoms with Crippen molar-refractivity contribution in [1.29, 1.82) is 5.26 Å². The normalized spacial score (nSPS) is 17.6. The van der Waals surface area contributed by atoms with Crippen molar-refractivity contribution >= 4 is 5.97 Å². The van der Waals surface area contributed by atoms with Crippen molar-refractivity contribution in [3.63, 3.8) is 0 Å². The number of aryl methyl sites for hydroxylation is 2. The number of fused-ring (bicyclic) bond motifs is 2. The number of nitrogens with zero attached hydrogens (tertiary/aromatic N) is 1. The van der Waals surface area contributed by atoms with Crippen LogP contribution in [-0.4, -0.2) is 35.0 Å². The van der Waals surface area contributed by atoms with E-state index in [0.29, 0.717) is 29.4 Å². The number of ether oxygens (including phenoxy) is 3. The van der Waals surface area contributed by atoms with Crippen LogP contribution in [0.25, 0.3) is 11.1 Å². The van der Waals surface area contributed by atoms with Crippen molar-refractivity contribution in [2.24, 2.45) is 0 Å². The quantitative estimate of drug-likeness (QED) is 0.369. The molecule has 0 bridgehead atoms. The van der Waals surface area contributed by atoms with Crippen LogP contribution >= 0.6 is 0 Å². The molecule has 2 atom stereocenters. The van der Waals surface area contributed by atoms with Crippen LogP contribution in [0.1, 0.15) is 72.1 Å². The highest BCUT2D eigenvalue weighted by Gasteiger charge is 2.31. The van der Waals surface area contributed by atoms with Gasteiger partial charge >= 0.3 is 5.97 Å². The third-order valence-corrected chi connectivity index (χ3v) is 7.39. The van der Waals surface area contributed by atoms with Crippen LogP contribution < -0.4 is 14.2 Å². The number of hydrogen-bond acceptors (Lipinski definition) is 6. The second-order valence-corrected chi connectivity index (χ2v) is 11.2. The fraction of sp³-hybridized carbons (Fsp3) is 0.375. The highest BCUT2D eigenvalue weighted by Crippen LogP contribution is 2.45. The first-order valence-electron chi connectivity index (χ1n) is 13.2. The lowest BCUT2D eigenvalue weighted by molar-refractivity contribution is -0.137. The van der Waals surface area contributed by atoms with E-state index in [9.17, 15) is 15.2 Å². The van der Waals surface area contributed by atoms with Gasteiger partial charge in [-0.2, -0.15) is 5.26 Å². The lowest BCUT2D eigenvalue weighted by Crippen LogP contribution is -2.27. The molecule has 3 aromatic rings. The number of carboxylic acids is 1. The molecular formula is C32H33NO6. The van der Waals surface area contributed by atoms with E-state index in [0.717, 1.165) is 51.8 Å². The minimum absolute atomic E-state index is 0.0402. The summed E-state index contributed by atoms with van der Waals surface area (Å²) in [5, 5.41) is 29.2. The van der Waals surface area contributed by atoms with Crippen LogP contribution in [-0.2, 0) is 11.2 Å². The standard InChI is InChI=1S/C32H33NO6/c1-18-11-23(38-17-32(3,4)36)12-19(2)30(18)31-20(15-33)5-7-25-26(31)9-10-27(25)39-22-6-8-24-21(13-29(34)35)16-37-28(24)14-22/h5-8,11-12,14,21,27,36H,9-10,13,16-17H2,1-4H3,(H,34,35)/t21-,27-/m1/s1. The Labute approximate surface area is 228 Å². The first-order valence-corrected chi connectivity index (χ1v) is 13.2. The fourth-order valence-corrected chi connectivity index (χ4v) is 5.70. The lowest BCUT2D eigenvalue weighted by Gasteiger charge is -2.21. The first-order chi connectivity index (χ1) is 18.5. The predicted molar refractivity (Wildman–Crippen MR) is 146 cm³/mol. The van der Waals surface area contributed by atoms with Crippen molar-refractivity contribution in [1.82, 2.24) is 0 Å². The number of rotatable bonds is 8. The number of aliphatic carboxylic acids is 1. The number of benzene rings is 3. The van der Waals surface area contributed by atoms with Gasteiger partial charge in [-0.3, -0.25) is 4.79 Å². The van der Waals surface area contributed by atoms with Crippen molar-refractivity contribution in [2.45, 2.75) is 64.6 Å². The van der Waals surface area contributed by atoms with E-state index in [1.54, 1.807) is 13.8 Å². The zero-order valence-electron chi connectivity index (χ0n) is 22.7. The summed E-state index contributed by atoms with van der Waals surface area (Å²) in [4.78, 5) is 11.2. The van der Waals surface area contributed by atoms with E-state index in [1.165, 1.54) is 0 Å². The second kappa shape index (κ2) is 10.3. The summed E-state index contributed by atoms with van der Waals surface area (Å²) in [7, 11) is 0. The van der Waals surface area contributed by atoms with E-state index in [2.05, 4.69) is 6.07 Å². The minimum atomic E-state index is -0.936. The Hall–Kier alpha value is -4.02. The Kier molecular flexibility index (Phi) is 7.00. The van der Waals surface area contributed by atoms with Gasteiger partial charge in [0.15, 0.2) is 0 Å². The maximum Gasteiger partial charge on any atom is 0.304 e. The van der Waals surface area contributed by atoms with E-state index in [-0.39, 0.29) is 25.0 Å². The third kappa shape index (κ3) is 5.43. The summed E-state index contributed by atoms with van der Waals surface area (Å²) >= 11 is 0. The van der Waals surface area contributed by atoms with Gasteiger partial charge in [0.2, 0.25) is 0 Å². The summed E-state index contributed by atoms with van der Waals surface area (Å²) in [6, 6.07) is 15.8. The van der Waals surface area contributed by atoms with Crippen LogP contribution in [0.15, 0.2) is 42.5 Å². The molecule has 0 saturated carbocycles. The van der Waals surface area contributed by atoms with Gasteiger partial charge in [0.25, 0.3) is 0 Å². The molecule has 202 valence electrons. The van der Waals surface area contributed by atoms with Gasteiger partial charge in [0.05, 0.1) is 30.3 Å². The van der Waals surface area contributed by atoms with Crippen LogP contribution in [0.3, 0.4) is 0 Å². The van der Waals surface area contributed by atoms with Gasteiger partial charge < -0.3 is 24.4 Å². The fourth-order valence-electron chi connectivity index (χ4n) is 5.70. The monoisotopic (exact) mass is 527 g/mol. The third-order valence-electron chi connectivity index (χ3n) is 7.39. The molecule has 0 aromatic heterocycles. The Morgan fingerprint density at radius 3 is 2.46 bits per heavy atom. The maximum absolute atomic E-state index is 11.2. The first kappa shape index (κ1) is 26.6. The van der Waals surface area contributed by atoms with Crippen molar-refractivity contribution < 1.29 is 29.2 Å². The number of hydrogen-bond donors (Lipinski definition) is 2. The Bertz CT molecular complexity index is 1460. The van der Waals surface area contributed by atoms with E-state index in [1.807, 2.05) is 56.3 Å². The van der Waals surface area contributed by atoms with Crippen LogP contribution in [0.4, 0.5) is 0 Å². The Balaban J connectivity index is 1.44. The summed E-state index contributed by atoms with van der Waals surface area (Å²) in [5.74, 6) is 1.05. The van der Waals surface area contributed by atoms with Crippen molar-refractivity contribution in [2.75, 3.05) is 13.2 Å². The van der Waals surface area contributed by atoms with Gasteiger partial charge in [0, 0.05) is 23.1 Å². The van der Waals surface area contributed by atoms with Crippen LogP contribution in [0.5, 0.6) is 17.2 Å². The molecule has 0 unspecified atom stereocenters. The van der Waals surface area contributed by atoms with Crippen molar-refractivity contribution in [3.8, 4) is 34.4 Å². The molecule has 1 heterocycles. The molecule has 0 fully saturated rings. The Morgan fingerprint density at radius 1 is 1.08 bits per heavy atom. The summed E-state index contributed by atoms with van der Waals surface area (Å²) in [6.07, 6.45) is 1.43. The van der Waals surface area contributed by atoms with E-state index < -0.39 is 11.6 Å². The molecule has 7 heteroatoms. The molecule has 0 saturated heterocycles. The molecule has 2 aliphatic rings. The molecule has 39 heavy (non-hydrogen) atoms. The molecule has 7 nitrogen and oxygen atoms in total. The molecular weight excluding hydrogens is 494 g/mol. The molecule has 2 N–H and O–H groups in total. The van der Waals surface area contributed by atoms with Gasteiger partial charge in [-0.25, -0.2) is 0 Å². The number of nitriles is 1. The van der Waals surface area contributed by atoms with E-state index in [4.69, 9.17) is 19.3 Å². The topological polar surface area (TPSA) is 109 Å². The van der Waals surface area contributed by atoms with Crippen LogP contribution in [0, 0.1) is 25.2 Å². The average molecular weight is 528 g/mol. The Morgan fingerprint density at radius 2 is 1.79 bits per heavy atom. The average Bonchev–Trinajstić information content (AvgIpc) is 3.45. The van der Waals surface area contributed by atoms with Crippen LogP contribution in [0.2, 0.25) is 0 Å². The van der Waals surface area contributed by atoms with E-state index >= 15 is 0 Å². The zero-order valence-corrected chi connectivity index (χ0v) is 22.7. The summed E-state index contributed by atoms with van der Waals surface area (Å²) < 4.78 is 18.0. The molecule has 0 radical (unpaired) electrons.